The van der Waals surface area contributed by atoms with Crippen molar-refractivity contribution < 1.29 is 9.59 Å². The summed E-state index contributed by atoms with van der Waals surface area (Å²) >= 11 is 6.11. The van der Waals surface area contributed by atoms with Crippen molar-refractivity contribution in [1.82, 2.24) is 14.5 Å². The van der Waals surface area contributed by atoms with Crippen molar-refractivity contribution in [2.45, 2.75) is 20.8 Å². The Balaban J connectivity index is 1.76. The van der Waals surface area contributed by atoms with E-state index in [1.807, 2.05) is 55.7 Å². The van der Waals surface area contributed by atoms with E-state index < -0.39 is 0 Å². The number of rotatable bonds is 5. The number of hydrogen-bond acceptors (Lipinski definition) is 3. The van der Waals surface area contributed by atoms with Gasteiger partial charge in [-0.3, -0.25) is 9.59 Å². The standard InChI is InChI=1S/C22H23ClN4O2/c1-14-8-9-24-20(10-14)25-21(28)13-26(4)22(29)19-11-15(2)27(16(19)3)18-7-5-6-17(23)12-18/h5-12H,13H2,1-4H3,(H,24,25,28). The van der Waals surface area contributed by atoms with E-state index in [9.17, 15) is 9.59 Å². The molecule has 2 heterocycles. The Morgan fingerprint density at radius 3 is 2.59 bits per heavy atom. The van der Waals surface area contributed by atoms with Gasteiger partial charge in [0.05, 0.1) is 12.1 Å². The van der Waals surface area contributed by atoms with Gasteiger partial charge in [0.25, 0.3) is 5.91 Å². The second-order valence-electron chi connectivity index (χ2n) is 7.03. The van der Waals surface area contributed by atoms with Crippen LogP contribution in [0.3, 0.4) is 0 Å². The molecule has 7 heteroatoms. The van der Waals surface area contributed by atoms with Crippen LogP contribution in [-0.2, 0) is 4.79 Å². The fourth-order valence-corrected chi connectivity index (χ4v) is 3.46. The zero-order chi connectivity index (χ0) is 21.1. The molecule has 0 bridgehead atoms. The summed E-state index contributed by atoms with van der Waals surface area (Å²) in [4.78, 5) is 30.8. The van der Waals surface area contributed by atoms with E-state index in [2.05, 4.69) is 10.3 Å². The molecule has 1 N–H and O–H groups in total. The third-order valence-corrected chi connectivity index (χ3v) is 4.87. The Hall–Kier alpha value is -3.12. The minimum absolute atomic E-state index is 0.0741. The largest absolute Gasteiger partial charge is 0.332 e. The zero-order valence-electron chi connectivity index (χ0n) is 16.9. The molecule has 0 saturated heterocycles. The smallest absolute Gasteiger partial charge is 0.255 e. The van der Waals surface area contributed by atoms with E-state index in [1.54, 1.807) is 25.4 Å². The normalized spacial score (nSPS) is 10.7. The Bertz CT molecular complexity index is 1070. The van der Waals surface area contributed by atoms with Gasteiger partial charge in [0.2, 0.25) is 5.91 Å². The average Bonchev–Trinajstić information content (AvgIpc) is 2.95. The molecule has 6 nitrogen and oxygen atoms in total. The number of carbonyl (C=O) groups is 2. The molecular formula is C22H23ClN4O2. The number of anilines is 1. The van der Waals surface area contributed by atoms with E-state index in [1.165, 1.54) is 4.90 Å². The topological polar surface area (TPSA) is 67.2 Å². The lowest BCUT2D eigenvalue weighted by molar-refractivity contribution is -0.116. The SMILES string of the molecule is Cc1ccnc(NC(=O)CN(C)C(=O)c2cc(C)n(-c3cccc(Cl)c3)c2C)c1. The first-order valence-corrected chi connectivity index (χ1v) is 9.57. The van der Waals surface area contributed by atoms with E-state index in [4.69, 9.17) is 11.6 Å². The molecule has 29 heavy (non-hydrogen) atoms. The molecule has 0 radical (unpaired) electrons. The molecule has 2 amide bonds. The molecule has 2 aromatic heterocycles. The van der Waals surface area contributed by atoms with Crippen molar-refractivity contribution in [3.63, 3.8) is 0 Å². The minimum atomic E-state index is -0.303. The summed E-state index contributed by atoms with van der Waals surface area (Å²) in [5.74, 6) is -0.0590. The van der Waals surface area contributed by atoms with Gasteiger partial charge in [0.15, 0.2) is 0 Å². The van der Waals surface area contributed by atoms with Gasteiger partial charge < -0.3 is 14.8 Å². The third kappa shape index (κ3) is 4.66. The first-order chi connectivity index (χ1) is 13.8. The van der Waals surface area contributed by atoms with Gasteiger partial charge >= 0.3 is 0 Å². The number of nitrogens with zero attached hydrogens (tertiary/aromatic N) is 3. The second kappa shape index (κ2) is 8.49. The van der Waals surface area contributed by atoms with Gasteiger partial charge in [0, 0.05) is 35.3 Å². The van der Waals surface area contributed by atoms with Crippen LogP contribution in [0.25, 0.3) is 5.69 Å². The highest BCUT2D eigenvalue weighted by Crippen LogP contribution is 2.23. The highest BCUT2D eigenvalue weighted by Gasteiger charge is 2.21. The molecule has 0 atom stereocenters. The maximum Gasteiger partial charge on any atom is 0.255 e. The summed E-state index contributed by atoms with van der Waals surface area (Å²) in [6.07, 6.45) is 1.63. The number of amides is 2. The Morgan fingerprint density at radius 1 is 1.14 bits per heavy atom. The van der Waals surface area contributed by atoms with Crippen LogP contribution in [-0.4, -0.2) is 39.9 Å². The van der Waals surface area contributed by atoms with Crippen LogP contribution in [0.5, 0.6) is 0 Å². The van der Waals surface area contributed by atoms with E-state index in [0.717, 1.165) is 22.6 Å². The van der Waals surface area contributed by atoms with Crippen molar-refractivity contribution in [3.8, 4) is 5.69 Å². The quantitative estimate of drug-likeness (QED) is 0.686. The highest BCUT2D eigenvalue weighted by molar-refractivity contribution is 6.30. The lowest BCUT2D eigenvalue weighted by atomic mass is 10.2. The number of pyridine rings is 1. The third-order valence-electron chi connectivity index (χ3n) is 4.64. The number of aryl methyl sites for hydroxylation is 2. The van der Waals surface area contributed by atoms with Crippen molar-refractivity contribution >= 4 is 29.2 Å². The van der Waals surface area contributed by atoms with Gasteiger partial charge in [-0.25, -0.2) is 4.98 Å². The van der Waals surface area contributed by atoms with Gasteiger partial charge in [-0.05, 0) is 62.7 Å². The molecule has 0 aliphatic rings. The first-order valence-electron chi connectivity index (χ1n) is 9.19. The summed E-state index contributed by atoms with van der Waals surface area (Å²) < 4.78 is 1.98. The molecule has 0 spiro atoms. The summed E-state index contributed by atoms with van der Waals surface area (Å²) in [5, 5.41) is 3.35. The lowest BCUT2D eigenvalue weighted by Gasteiger charge is -2.17. The Labute approximate surface area is 175 Å². The van der Waals surface area contributed by atoms with Crippen LogP contribution in [0.15, 0.2) is 48.7 Å². The molecule has 3 aromatic rings. The van der Waals surface area contributed by atoms with Crippen molar-refractivity contribution in [2.75, 3.05) is 18.9 Å². The summed E-state index contributed by atoms with van der Waals surface area (Å²) in [6.45, 7) is 5.66. The number of likely N-dealkylation sites (N-methyl/N-ethyl adjacent to an activating group) is 1. The van der Waals surface area contributed by atoms with Crippen molar-refractivity contribution in [1.29, 1.82) is 0 Å². The van der Waals surface area contributed by atoms with Crippen molar-refractivity contribution in [2.24, 2.45) is 0 Å². The van der Waals surface area contributed by atoms with Crippen LogP contribution in [0.1, 0.15) is 27.3 Å². The molecule has 3 rings (SSSR count). The molecule has 0 aliphatic carbocycles. The average molecular weight is 411 g/mol. The second-order valence-corrected chi connectivity index (χ2v) is 7.46. The number of carbonyl (C=O) groups excluding carboxylic acids is 2. The van der Waals surface area contributed by atoms with E-state index >= 15 is 0 Å². The Morgan fingerprint density at radius 2 is 1.90 bits per heavy atom. The van der Waals surface area contributed by atoms with Crippen molar-refractivity contribution in [3.05, 3.63) is 76.2 Å². The zero-order valence-corrected chi connectivity index (χ0v) is 17.6. The fraction of sp³-hybridized carbons (Fsp3) is 0.227. The van der Waals surface area contributed by atoms with Crippen LogP contribution in [0.2, 0.25) is 5.02 Å². The van der Waals surface area contributed by atoms with Gasteiger partial charge in [-0.1, -0.05) is 17.7 Å². The Kier molecular flexibility index (Phi) is 6.03. The predicted octanol–water partition coefficient (Wildman–Crippen LogP) is 4.16. The van der Waals surface area contributed by atoms with Crippen LogP contribution >= 0.6 is 11.6 Å². The highest BCUT2D eigenvalue weighted by atomic mass is 35.5. The summed E-state index contributed by atoms with van der Waals surface area (Å²) in [6, 6.07) is 12.9. The molecule has 0 aliphatic heterocycles. The lowest BCUT2D eigenvalue weighted by Crippen LogP contribution is -2.35. The first kappa shape index (κ1) is 20.6. The van der Waals surface area contributed by atoms with E-state index in [0.29, 0.717) is 16.4 Å². The van der Waals surface area contributed by atoms with Gasteiger partial charge in [-0.2, -0.15) is 0 Å². The summed E-state index contributed by atoms with van der Waals surface area (Å²) in [5.41, 5.74) is 4.13. The predicted molar refractivity (Wildman–Crippen MR) is 115 cm³/mol. The molecule has 150 valence electrons. The number of aromatic nitrogens is 2. The number of benzene rings is 1. The fourth-order valence-electron chi connectivity index (χ4n) is 3.27. The maximum absolute atomic E-state index is 13.0. The van der Waals surface area contributed by atoms with Crippen LogP contribution in [0, 0.1) is 20.8 Å². The van der Waals surface area contributed by atoms with Crippen LogP contribution in [0.4, 0.5) is 5.82 Å². The maximum atomic E-state index is 13.0. The molecule has 0 saturated carbocycles. The van der Waals surface area contributed by atoms with E-state index in [-0.39, 0.29) is 18.4 Å². The molecular weight excluding hydrogens is 388 g/mol. The molecule has 1 aromatic carbocycles. The molecule has 0 fully saturated rings. The molecule has 0 unspecified atom stereocenters. The van der Waals surface area contributed by atoms with Gasteiger partial charge in [-0.15, -0.1) is 0 Å². The number of hydrogen-bond donors (Lipinski definition) is 1. The number of halogens is 1. The monoisotopic (exact) mass is 410 g/mol. The number of nitrogens with one attached hydrogen (secondary N) is 1. The minimum Gasteiger partial charge on any atom is -0.332 e. The van der Waals surface area contributed by atoms with Crippen LogP contribution < -0.4 is 5.32 Å². The summed E-state index contributed by atoms with van der Waals surface area (Å²) in [7, 11) is 1.61. The van der Waals surface area contributed by atoms with Gasteiger partial charge in [0.1, 0.15) is 5.82 Å².